The average molecular weight is 548 g/mol. The molecule has 4 N–H and O–H groups in total. The van der Waals surface area contributed by atoms with Gasteiger partial charge in [-0.05, 0) is 36.2 Å². The number of aromatic nitrogens is 2. The summed E-state index contributed by atoms with van der Waals surface area (Å²) in [6.45, 7) is 0. The van der Waals surface area contributed by atoms with Gasteiger partial charge >= 0.3 is 0 Å². The van der Waals surface area contributed by atoms with Crippen LogP contribution < -0.4 is 10.5 Å². The zero-order valence-corrected chi connectivity index (χ0v) is 22.1. The van der Waals surface area contributed by atoms with Gasteiger partial charge in [0.2, 0.25) is 0 Å². The first kappa shape index (κ1) is 26.8. The summed E-state index contributed by atoms with van der Waals surface area (Å²) in [7, 11) is -2.06. The van der Waals surface area contributed by atoms with Crippen LogP contribution in [-0.4, -0.2) is 29.6 Å². The van der Waals surface area contributed by atoms with Crippen LogP contribution in [0.2, 0.25) is 0 Å². The molecule has 0 atom stereocenters. The molecule has 0 spiro atoms. The van der Waals surface area contributed by atoms with Gasteiger partial charge in [-0.2, -0.15) is 0 Å². The van der Waals surface area contributed by atoms with E-state index in [9.17, 15) is 13.2 Å². The van der Waals surface area contributed by atoms with Crippen molar-refractivity contribution in [2.24, 2.45) is 12.8 Å². The third kappa shape index (κ3) is 5.25. The number of pyridine rings is 1. The Morgan fingerprint density at radius 2 is 1.79 bits per heavy atom. The number of hydrogen-bond acceptors (Lipinski definition) is 5. The number of aryl methyl sites for hydroxylation is 2. The number of hydrogen-bond donors (Lipinski definition) is 3. The number of Topliss-reactive ketones (excluding diaryl/α,β-unsaturated/α-hetero) is 1. The number of ketones is 1. The standard InChI is InChI=1S/C28H25N5O3S.ClH/c1-33-17-23(25(34)14-9-18-7-10-20(11-8-18)28(29)30)22-13-12-21(16-24(22)33)32-37(35,36)26-6-2-4-19-5-3-15-31-27(19)26;/h2-8,10-13,15-17,32H,9,14H2,1H3,(H3,29,30);1H. The van der Waals surface area contributed by atoms with Crippen LogP contribution in [0.5, 0.6) is 0 Å². The number of benzene rings is 3. The molecule has 3 aromatic carbocycles. The summed E-state index contributed by atoms with van der Waals surface area (Å²) in [5, 5.41) is 8.98. The van der Waals surface area contributed by atoms with Gasteiger partial charge in [0, 0.05) is 47.8 Å². The van der Waals surface area contributed by atoms with E-state index in [2.05, 4.69) is 9.71 Å². The first-order valence-electron chi connectivity index (χ1n) is 11.6. The van der Waals surface area contributed by atoms with Crippen molar-refractivity contribution in [1.82, 2.24) is 9.55 Å². The van der Waals surface area contributed by atoms with Gasteiger partial charge in [0.25, 0.3) is 10.0 Å². The predicted molar refractivity (Wildman–Crippen MR) is 153 cm³/mol. The number of nitrogens with two attached hydrogens (primary N) is 1. The van der Waals surface area contributed by atoms with Gasteiger partial charge in [0.05, 0.1) is 16.7 Å². The summed E-state index contributed by atoms with van der Waals surface area (Å²) in [6.07, 6.45) is 4.22. The molecule has 0 aliphatic rings. The Hall–Kier alpha value is -4.21. The van der Waals surface area contributed by atoms with Crippen LogP contribution in [-0.2, 0) is 23.5 Å². The number of anilines is 1. The number of rotatable bonds is 8. The van der Waals surface area contributed by atoms with Crippen LogP contribution in [0.4, 0.5) is 5.69 Å². The normalized spacial score (nSPS) is 11.3. The third-order valence-corrected chi connectivity index (χ3v) is 7.75. The van der Waals surface area contributed by atoms with Gasteiger partial charge in [0.1, 0.15) is 10.7 Å². The number of amidine groups is 1. The van der Waals surface area contributed by atoms with E-state index in [0.717, 1.165) is 21.9 Å². The Labute approximate surface area is 226 Å². The van der Waals surface area contributed by atoms with Crippen molar-refractivity contribution in [2.45, 2.75) is 17.7 Å². The van der Waals surface area contributed by atoms with Gasteiger partial charge in [-0.3, -0.25) is 19.9 Å². The van der Waals surface area contributed by atoms with Gasteiger partial charge in [-0.25, -0.2) is 8.42 Å². The summed E-state index contributed by atoms with van der Waals surface area (Å²) in [5.41, 5.74) is 9.26. The Balaban J connectivity index is 0.00000336. The van der Waals surface area contributed by atoms with E-state index in [1.807, 2.05) is 35.9 Å². The first-order chi connectivity index (χ1) is 17.7. The molecule has 0 unspecified atom stereocenters. The van der Waals surface area contributed by atoms with Crippen LogP contribution >= 0.6 is 12.4 Å². The second kappa shape index (κ2) is 10.6. The van der Waals surface area contributed by atoms with Crippen LogP contribution in [0.1, 0.15) is 27.9 Å². The monoisotopic (exact) mass is 547 g/mol. The van der Waals surface area contributed by atoms with E-state index in [0.29, 0.717) is 35.2 Å². The van der Waals surface area contributed by atoms with Gasteiger partial charge in [-0.1, -0.05) is 48.5 Å². The minimum Gasteiger partial charge on any atom is -0.384 e. The number of halogens is 1. The van der Waals surface area contributed by atoms with Crippen molar-refractivity contribution in [3.05, 3.63) is 102 Å². The number of nitrogens with zero attached hydrogens (tertiary/aromatic N) is 2. The zero-order chi connectivity index (χ0) is 26.2. The fourth-order valence-electron chi connectivity index (χ4n) is 4.42. The molecule has 0 radical (unpaired) electrons. The Morgan fingerprint density at radius 3 is 2.53 bits per heavy atom. The molecule has 2 heterocycles. The van der Waals surface area contributed by atoms with E-state index in [-0.39, 0.29) is 28.9 Å². The molecule has 10 heteroatoms. The zero-order valence-electron chi connectivity index (χ0n) is 20.5. The minimum absolute atomic E-state index is 0. The Kier molecular flexibility index (Phi) is 7.52. The summed E-state index contributed by atoms with van der Waals surface area (Å²) < 4.78 is 30.9. The largest absolute Gasteiger partial charge is 0.384 e. The minimum atomic E-state index is -3.89. The molecule has 194 valence electrons. The summed E-state index contributed by atoms with van der Waals surface area (Å²) >= 11 is 0. The van der Waals surface area contributed by atoms with Crippen LogP contribution in [0, 0.1) is 5.41 Å². The molecule has 0 amide bonds. The molecule has 0 saturated carbocycles. The number of fused-ring (bicyclic) bond motifs is 2. The lowest BCUT2D eigenvalue weighted by atomic mass is 10.0. The van der Waals surface area contributed by atoms with Crippen molar-refractivity contribution in [1.29, 1.82) is 5.41 Å². The lowest BCUT2D eigenvalue weighted by molar-refractivity contribution is 0.0984. The molecular weight excluding hydrogens is 522 g/mol. The van der Waals surface area contributed by atoms with Gasteiger partial charge in [-0.15, -0.1) is 12.4 Å². The molecule has 5 rings (SSSR count). The van der Waals surface area contributed by atoms with Gasteiger partial charge in [0.15, 0.2) is 5.78 Å². The van der Waals surface area contributed by atoms with Crippen LogP contribution in [0.15, 0.2) is 90.1 Å². The molecule has 2 aromatic heterocycles. The quantitative estimate of drug-likeness (QED) is 0.142. The SMILES string of the molecule is Cl.Cn1cc(C(=O)CCc2ccc(C(=N)N)cc2)c2ccc(NS(=O)(=O)c3cccc4cccnc34)cc21. The van der Waals surface area contributed by atoms with Gasteiger partial charge < -0.3 is 10.3 Å². The molecule has 0 bridgehead atoms. The maximum atomic E-state index is 13.2. The maximum Gasteiger partial charge on any atom is 0.264 e. The number of nitrogens with one attached hydrogen (secondary N) is 2. The van der Waals surface area contributed by atoms with E-state index < -0.39 is 10.0 Å². The first-order valence-corrected chi connectivity index (χ1v) is 13.1. The number of nitrogen functional groups attached to an aromatic ring is 1. The van der Waals surface area contributed by atoms with E-state index in [1.54, 1.807) is 54.9 Å². The third-order valence-electron chi connectivity index (χ3n) is 6.33. The lowest BCUT2D eigenvalue weighted by Gasteiger charge is -2.10. The Morgan fingerprint density at radius 1 is 1.05 bits per heavy atom. The summed E-state index contributed by atoms with van der Waals surface area (Å²) in [4.78, 5) is 17.4. The molecule has 0 aliphatic carbocycles. The molecule has 38 heavy (non-hydrogen) atoms. The number of sulfonamides is 1. The topological polar surface area (TPSA) is 131 Å². The number of carbonyl (C=O) groups excluding carboxylic acids is 1. The number of para-hydroxylation sites is 1. The maximum absolute atomic E-state index is 13.2. The molecule has 8 nitrogen and oxygen atoms in total. The predicted octanol–water partition coefficient (Wildman–Crippen LogP) is 5.05. The molecule has 0 aliphatic heterocycles. The van der Waals surface area contributed by atoms with E-state index in [4.69, 9.17) is 11.1 Å². The van der Waals surface area contributed by atoms with Crippen molar-refractivity contribution < 1.29 is 13.2 Å². The molecular formula is C28H26ClN5O3S. The highest BCUT2D eigenvalue weighted by Crippen LogP contribution is 2.28. The molecule has 5 aromatic rings. The summed E-state index contributed by atoms with van der Waals surface area (Å²) in [5.74, 6) is 0.00484. The van der Waals surface area contributed by atoms with Crippen LogP contribution in [0.3, 0.4) is 0 Å². The highest BCUT2D eigenvalue weighted by molar-refractivity contribution is 7.93. The van der Waals surface area contributed by atoms with Crippen molar-refractivity contribution in [2.75, 3.05) is 4.72 Å². The fourth-order valence-corrected chi connectivity index (χ4v) is 5.65. The average Bonchev–Trinajstić information content (AvgIpc) is 3.22. The van der Waals surface area contributed by atoms with Crippen molar-refractivity contribution in [3.63, 3.8) is 0 Å². The van der Waals surface area contributed by atoms with Crippen LogP contribution in [0.25, 0.3) is 21.8 Å². The second-order valence-electron chi connectivity index (χ2n) is 8.86. The van der Waals surface area contributed by atoms with E-state index in [1.165, 1.54) is 6.07 Å². The molecule has 0 saturated heterocycles. The lowest BCUT2D eigenvalue weighted by Crippen LogP contribution is -2.13. The van der Waals surface area contributed by atoms with E-state index >= 15 is 0 Å². The number of carbonyl (C=O) groups is 1. The second-order valence-corrected chi connectivity index (χ2v) is 10.5. The van der Waals surface area contributed by atoms with Crippen molar-refractivity contribution in [3.8, 4) is 0 Å². The summed E-state index contributed by atoms with van der Waals surface area (Å²) in [6, 6.07) is 21.1. The van der Waals surface area contributed by atoms with Crippen molar-refractivity contribution >= 4 is 61.5 Å². The Bertz CT molecular complexity index is 1770. The highest BCUT2D eigenvalue weighted by Gasteiger charge is 2.20. The molecule has 0 fully saturated rings. The fraction of sp³-hybridized carbons (Fsp3) is 0.107. The smallest absolute Gasteiger partial charge is 0.264 e. The highest BCUT2D eigenvalue weighted by atomic mass is 35.5.